The minimum atomic E-state index is -3.77. The van der Waals surface area contributed by atoms with Crippen LogP contribution in [0, 0.1) is 0 Å². The van der Waals surface area contributed by atoms with Crippen LogP contribution in [-0.2, 0) is 10.0 Å². The first-order chi connectivity index (χ1) is 16.6. The Morgan fingerprint density at radius 1 is 0.647 bits per heavy atom. The van der Waals surface area contributed by atoms with Gasteiger partial charge in [0.1, 0.15) is 12.0 Å². The number of hydrogen-bond donors (Lipinski definition) is 4. The first-order valence-corrected chi connectivity index (χ1v) is 12.3. The predicted octanol–water partition coefficient (Wildman–Crippen LogP) is 5.30. The van der Waals surface area contributed by atoms with Gasteiger partial charge in [-0.1, -0.05) is 48.5 Å². The Labute approximate surface area is 198 Å². The van der Waals surface area contributed by atoms with Gasteiger partial charge in [-0.15, -0.1) is 0 Å². The van der Waals surface area contributed by atoms with Crippen LogP contribution >= 0.6 is 0 Å². The Bertz CT molecular complexity index is 1410. The average Bonchev–Trinajstić information content (AvgIpc) is 2.86. The summed E-state index contributed by atoms with van der Waals surface area (Å²) in [4.78, 5) is 4.88. The Balaban J connectivity index is 1.39. The zero-order chi connectivity index (χ0) is 23.4. The molecule has 1 unspecified atom stereocenters. The molecule has 0 aromatic heterocycles. The van der Waals surface area contributed by atoms with Gasteiger partial charge in [-0.2, -0.15) is 4.72 Å². The van der Waals surface area contributed by atoms with Crippen LogP contribution in [0.25, 0.3) is 0 Å². The second-order valence-corrected chi connectivity index (χ2v) is 9.43. The molecule has 7 nitrogen and oxygen atoms in total. The molecule has 5 rings (SSSR count). The van der Waals surface area contributed by atoms with Gasteiger partial charge < -0.3 is 16.0 Å². The molecule has 0 amide bonds. The van der Waals surface area contributed by atoms with Gasteiger partial charge in [0.25, 0.3) is 0 Å². The van der Waals surface area contributed by atoms with E-state index in [1.165, 1.54) is 0 Å². The molecule has 4 N–H and O–H groups in total. The highest BCUT2D eigenvalue weighted by atomic mass is 32.2. The molecular weight excluding hydrogens is 446 g/mol. The number of hydrogen-bond acceptors (Lipinski definition) is 6. The monoisotopic (exact) mass is 469 g/mol. The van der Waals surface area contributed by atoms with E-state index >= 15 is 0 Å². The lowest BCUT2D eigenvalue weighted by molar-refractivity contribution is 0.579. The SMILES string of the molecule is O=S(=O)(NC1Nc2ccccc2N=C1Nc1ccc(Nc2ccccc2)cc1)c1ccccc1. The van der Waals surface area contributed by atoms with Gasteiger partial charge in [0, 0.05) is 17.1 Å². The fourth-order valence-corrected chi connectivity index (χ4v) is 4.72. The van der Waals surface area contributed by atoms with Crippen LogP contribution in [0.3, 0.4) is 0 Å². The van der Waals surface area contributed by atoms with E-state index in [1.54, 1.807) is 30.3 Å². The van der Waals surface area contributed by atoms with Crippen molar-refractivity contribution >= 4 is 44.3 Å². The average molecular weight is 470 g/mol. The summed E-state index contributed by atoms with van der Waals surface area (Å²) in [5.74, 6) is 0.446. The van der Waals surface area contributed by atoms with Crippen molar-refractivity contribution in [3.63, 3.8) is 0 Å². The fourth-order valence-electron chi connectivity index (χ4n) is 3.59. The van der Waals surface area contributed by atoms with Gasteiger partial charge in [0.2, 0.25) is 10.0 Å². The number of sulfonamides is 1. The normalized spacial score (nSPS) is 14.9. The van der Waals surface area contributed by atoms with Gasteiger partial charge in [-0.3, -0.25) is 0 Å². The second kappa shape index (κ2) is 9.38. The summed E-state index contributed by atoms with van der Waals surface area (Å²) in [7, 11) is -3.77. The molecule has 0 aliphatic carbocycles. The highest BCUT2D eigenvalue weighted by Gasteiger charge is 2.28. The van der Waals surface area contributed by atoms with Crippen molar-refractivity contribution in [2.24, 2.45) is 4.99 Å². The van der Waals surface area contributed by atoms with Crippen molar-refractivity contribution in [3.05, 3.63) is 109 Å². The molecule has 0 saturated heterocycles. The number of nitrogens with one attached hydrogen (secondary N) is 4. The lowest BCUT2D eigenvalue weighted by Crippen LogP contribution is -2.50. The summed E-state index contributed by atoms with van der Waals surface area (Å²) in [6.45, 7) is 0. The largest absolute Gasteiger partial charge is 0.361 e. The van der Waals surface area contributed by atoms with Gasteiger partial charge in [-0.05, 0) is 60.7 Å². The number of nitrogens with zero attached hydrogens (tertiary/aromatic N) is 1. The number of para-hydroxylation sites is 3. The third-order valence-electron chi connectivity index (χ3n) is 5.26. The Morgan fingerprint density at radius 3 is 1.91 bits per heavy atom. The summed E-state index contributed by atoms with van der Waals surface area (Å²) >= 11 is 0. The Morgan fingerprint density at radius 2 is 1.21 bits per heavy atom. The van der Waals surface area contributed by atoms with Crippen LogP contribution < -0.4 is 20.7 Å². The van der Waals surface area contributed by atoms with Crippen LogP contribution in [0.15, 0.2) is 119 Å². The van der Waals surface area contributed by atoms with Crippen molar-refractivity contribution in [1.82, 2.24) is 4.72 Å². The van der Waals surface area contributed by atoms with Crippen molar-refractivity contribution < 1.29 is 8.42 Å². The van der Waals surface area contributed by atoms with Crippen LogP contribution in [0.1, 0.15) is 0 Å². The number of anilines is 4. The molecule has 0 bridgehead atoms. The smallest absolute Gasteiger partial charge is 0.242 e. The Kier molecular flexibility index (Phi) is 5.99. The summed E-state index contributed by atoms with van der Waals surface area (Å²) in [6.07, 6.45) is -0.776. The van der Waals surface area contributed by atoms with E-state index in [0.717, 1.165) is 28.4 Å². The van der Waals surface area contributed by atoms with E-state index in [2.05, 4.69) is 20.7 Å². The van der Waals surface area contributed by atoms with Crippen molar-refractivity contribution in [3.8, 4) is 0 Å². The standard InChI is InChI=1S/C26H23N5O2S/c32-34(33,22-11-5-2-6-12-22)31-26-25(29-23-13-7-8-14-24(23)30-26)28-21-17-15-20(16-18-21)27-19-9-3-1-4-10-19/h1-18,26-27,30-31H,(H,28,29). The predicted molar refractivity (Wildman–Crippen MR) is 138 cm³/mol. The van der Waals surface area contributed by atoms with Crippen molar-refractivity contribution in [2.45, 2.75) is 11.1 Å². The van der Waals surface area contributed by atoms with Gasteiger partial charge in [-0.25, -0.2) is 13.4 Å². The maximum atomic E-state index is 13.0. The maximum Gasteiger partial charge on any atom is 0.242 e. The van der Waals surface area contributed by atoms with E-state index < -0.39 is 16.2 Å². The highest BCUT2D eigenvalue weighted by Crippen LogP contribution is 2.30. The lowest BCUT2D eigenvalue weighted by Gasteiger charge is -2.28. The zero-order valence-corrected chi connectivity index (χ0v) is 19.0. The van der Waals surface area contributed by atoms with E-state index in [1.807, 2.05) is 78.9 Å². The third-order valence-corrected chi connectivity index (χ3v) is 6.70. The lowest BCUT2D eigenvalue weighted by atomic mass is 10.2. The molecule has 34 heavy (non-hydrogen) atoms. The quantitative estimate of drug-likeness (QED) is 0.307. The molecule has 1 atom stereocenters. The third kappa shape index (κ3) is 4.93. The molecule has 4 aromatic rings. The fraction of sp³-hybridized carbons (Fsp3) is 0.0385. The van der Waals surface area contributed by atoms with Crippen LogP contribution in [0.2, 0.25) is 0 Å². The van der Waals surface area contributed by atoms with Crippen LogP contribution in [0.5, 0.6) is 0 Å². The summed E-state index contributed by atoms with van der Waals surface area (Å²) in [6, 6.07) is 33.4. The van der Waals surface area contributed by atoms with Crippen molar-refractivity contribution in [1.29, 1.82) is 0 Å². The number of benzene rings is 4. The number of rotatable bonds is 6. The zero-order valence-electron chi connectivity index (χ0n) is 18.1. The summed E-state index contributed by atoms with van der Waals surface area (Å²) in [5, 5.41) is 9.85. The summed E-state index contributed by atoms with van der Waals surface area (Å²) in [5.41, 5.74) is 4.18. The highest BCUT2D eigenvalue weighted by molar-refractivity contribution is 7.89. The Hall–Kier alpha value is -4.14. The van der Waals surface area contributed by atoms with Crippen LogP contribution in [0.4, 0.5) is 28.4 Å². The number of amidine groups is 1. The maximum absolute atomic E-state index is 13.0. The minimum absolute atomic E-state index is 0.186. The van der Waals surface area contributed by atoms with E-state index in [-0.39, 0.29) is 4.90 Å². The van der Waals surface area contributed by atoms with Crippen molar-refractivity contribution in [2.75, 3.05) is 16.0 Å². The second-order valence-electron chi connectivity index (χ2n) is 7.72. The van der Waals surface area contributed by atoms with Gasteiger partial charge in [0.15, 0.2) is 0 Å². The molecule has 8 heteroatoms. The first-order valence-electron chi connectivity index (χ1n) is 10.8. The molecule has 1 aliphatic rings. The van der Waals surface area contributed by atoms with E-state index in [4.69, 9.17) is 4.99 Å². The number of fused-ring (bicyclic) bond motifs is 1. The van der Waals surface area contributed by atoms with E-state index in [9.17, 15) is 8.42 Å². The molecule has 0 fully saturated rings. The first kappa shape index (κ1) is 21.7. The molecular formula is C26H23N5O2S. The molecule has 4 aromatic carbocycles. The molecule has 0 radical (unpaired) electrons. The van der Waals surface area contributed by atoms with Crippen LogP contribution in [-0.4, -0.2) is 20.4 Å². The topological polar surface area (TPSA) is 94.6 Å². The van der Waals surface area contributed by atoms with E-state index in [0.29, 0.717) is 5.84 Å². The minimum Gasteiger partial charge on any atom is -0.361 e. The summed E-state index contributed by atoms with van der Waals surface area (Å²) < 4.78 is 28.7. The number of aliphatic imine (C=N–C) groups is 1. The van der Waals surface area contributed by atoms with Gasteiger partial charge >= 0.3 is 0 Å². The molecule has 170 valence electrons. The molecule has 0 saturated carbocycles. The molecule has 0 spiro atoms. The molecule has 1 heterocycles. The van der Waals surface area contributed by atoms with Gasteiger partial charge in [0.05, 0.1) is 16.3 Å². The molecule has 1 aliphatic heterocycles.